The SMILES string of the molecule is O=C1CCC(N2C(=O)c3ccc(N4CCC(CN5CCC(C(=O)O)CC5)CC4)cc3C2=O)C(=O)N1. The fraction of sp³-hybridized carbons (Fsp3) is 0.560. The normalized spacial score (nSPS) is 24.6. The molecule has 0 saturated carbocycles. The van der Waals surface area contributed by atoms with Gasteiger partial charge >= 0.3 is 5.97 Å². The van der Waals surface area contributed by atoms with Crippen LogP contribution in [0.3, 0.4) is 0 Å². The monoisotopic (exact) mass is 482 g/mol. The number of piperidine rings is 3. The summed E-state index contributed by atoms with van der Waals surface area (Å²) in [5.41, 5.74) is 1.49. The number of imide groups is 2. The molecule has 1 atom stereocenters. The van der Waals surface area contributed by atoms with Gasteiger partial charge in [-0.2, -0.15) is 0 Å². The maximum atomic E-state index is 13.1. The van der Waals surface area contributed by atoms with E-state index in [9.17, 15) is 29.1 Å². The van der Waals surface area contributed by atoms with Crippen molar-refractivity contribution in [2.24, 2.45) is 11.8 Å². The number of benzene rings is 1. The number of carboxylic acids is 1. The average molecular weight is 483 g/mol. The van der Waals surface area contributed by atoms with E-state index in [1.807, 2.05) is 6.07 Å². The summed E-state index contributed by atoms with van der Waals surface area (Å²) < 4.78 is 0. The number of nitrogens with one attached hydrogen (secondary N) is 1. The van der Waals surface area contributed by atoms with Crippen LogP contribution in [0.5, 0.6) is 0 Å². The molecule has 35 heavy (non-hydrogen) atoms. The minimum atomic E-state index is -0.958. The smallest absolute Gasteiger partial charge is 0.306 e. The number of hydrogen-bond donors (Lipinski definition) is 2. The number of carbonyl (C=O) groups excluding carboxylic acids is 4. The molecular weight excluding hydrogens is 452 g/mol. The van der Waals surface area contributed by atoms with Gasteiger partial charge in [0.2, 0.25) is 11.8 Å². The zero-order valence-corrected chi connectivity index (χ0v) is 19.6. The second-order valence-corrected chi connectivity index (χ2v) is 10.0. The van der Waals surface area contributed by atoms with Gasteiger partial charge in [0.05, 0.1) is 17.0 Å². The number of aliphatic carboxylic acids is 1. The topological polar surface area (TPSA) is 127 Å². The van der Waals surface area contributed by atoms with Crippen molar-refractivity contribution in [2.45, 2.75) is 44.6 Å². The lowest BCUT2D eigenvalue weighted by Crippen LogP contribution is -2.54. The van der Waals surface area contributed by atoms with E-state index in [2.05, 4.69) is 15.1 Å². The van der Waals surface area contributed by atoms with Crippen LogP contribution in [0.25, 0.3) is 0 Å². The molecule has 0 bridgehead atoms. The van der Waals surface area contributed by atoms with Gasteiger partial charge in [0.1, 0.15) is 6.04 Å². The van der Waals surface area contributed by atoms with Crippen molar-refractivity contribution in [1.82, 2.24) is 15.1 Å². The molecule has 1 aromatic carbocycles. The van der Waals surface area contributed by atoms with Crippen molar-refractivity contribution in [1.29, 1.82) is 0 Å². The molecule has 2 N–H and O–H groups in total. The Morgan fingerprint density at radius 2 is 1.60 bits per heavy atom. The largest absolute Gasteiger partial charge is 0.481 e. The summed E-state index contributed by atoms with van der Waals surface area (Å²) in [5, 5.41) is 11.4. The van der Waals surface area contributed by atoms with Gasteiger partial charge in [-0.3, -0.25) is 34.2 Å². The van der Waals surface area contributed by atoms with E-state index in [0.29, 0.717) is 29.9 Å². The Hall–Kier alpha value is -3.27. The number of fused-ring (bicyclic) bond motifs is 1. The summed E-state index contributed by atoms with van der Waals surface area (Å²) in [6.07, 6.45) is 3.68. The molecule has 3 saturated heterocycles. The molecule has 4 amide bonds. The van der Waals surface area contributed by atoms with Gasteiger partial charge in [0.15, 0.2) is 0 Å². The summed E-state index contributed by atoms with van der Waals surface area (Å²) >= 11 is 0. The van der Waals surface area contributed by atoms with Crippen molar-refractivity contribution in [3.8, 4) is 0 Å². The van der Waals surface area contributed by atoms with Crippen molar-refractivity contribution in [3.05, 3.63) is 29.3 Å². The quantitative estimate of drug-likeness (QED) is 0.598. The second kappa shape index (κ2) is 9.41. The highest BCUT2D eigenvalue weighted by molar-refractivity contribution is 6.23. The minimum absolute atomic E-state index is 0.0988. The van der Waals surface area contributed by atoms with Crippen LogP contribution < -0.4 is 10.2 Å². The highest BCUT2D eigenvalue weighted by Gasteiger charge is 2.44. The van der Waals surface area contributed by atoms with E-state index in [1.165, 1.54) is 0 Å². The maximum absolute atomic E-state index is 13.1. The summed E-state index contributed by atoms with van der Waals surface area (Å²) in [5.74, 6) is -2.32. The first kappa shape index (κ1) is 23.5. The third-order valence-electron chi connectivity index (χ3n) is 7.86. The van der Waals surface area contributed by atoms with Crippen LogP contribution in [0.2, 0.25) is 0 Å². The molecule has 0 aromatic heterocycles. The van der Waals surface area contributed by atoms with E-state index in [1.54, 1.807) is 12.1 Å². The Labute approximate surface area is 203 Å². The Morgan fingerprint density at radius 3 is 2.26 bits per heavy atom. The van der Waals surface area contributed by atoms with Crippen LogP contribution >= 0.6 is 0 Å². The number of amides is 4. The molecule has 3 fully saturated rings. The van der Waals surface area contributed by atoms with Gasteiger partial charge in [0, 0.05) is 31.7 Å². The standard InChI is InChI=1S/C25H30N4O6/c30-21-4-3-20(22(31)26-21)29-23(32)18-2-1-17(13-19(18)24(29)33)28-11-5-15(6-12-28)14-27-9-7-16(8-10-27)25(34)35/h1-2,13,15-16,20H,3-12,14H2,(H,34,35)(H,26,30,31). The zero-order valence-electron chi connectivity index (χ0n) is 19.6. The molecule has 4 heterocycles. The first-order chi connectivity index (χ1) is 16.8. The summed E-state index contributed by atoms with van der Waals surface area (Å²) in [6.45, 7) is 4.34. The van der Waals surface area contributed by atoms with E-state index >= 15 is 0 Å². The van der Waals surface area contributed by atoms with Gasteiger partial charge in [-0.05, 0) is 69.3 Å². The third kappa shape index (κ3) is 4.54. The van der Waals surface area contributed by atoms with Crippen LogP contribution in [-0.4, -0.2) is 83.3 Å². The number of carbonyl (C=O) groups is 5. The number of nitrogens with zero attached hydrogens (tertiary/aromatic N) is 3. The third-order valence-corrected chi connectivity index (χ3v) is 7.86. The average Bonchev–Trinajstić information content (AvgIpc) is 3.09. The fourth-order valence-corrected chi connectivity index (χ4v) is 5.76. The predicted octanol–water partition coefficient (Wildman–Crippen LogP) is 1.10. The number of rotatable bonds is 5. The minimum Gasteiger partial charge on any atom is -0.481 e. The van der Waals surface area contributed by atoms with Gasteiger partial charge in [-0.1, -0.05) is 0 Å². The number of likely N-dealkylation sites (tertiary alicyclic amines) is 1. The maximum Gasteiger partial charge on any atom is 0.306 e. The predicted molar refractivity (Wildman–Crippen MR) is 125 cm³/mol. The molecule has 1 unspecified atom stereocenters. The van der Waals surface area contributed by atoms with Crippen molar-refractivity contribution < 1.29 is 29.1 Å². The van der Waals surface area contributed by atoms with Crippen LogP contribution in [-0.2, 0) is 14.4 Å². The lowest BCUT2D eigenvalue weighted by Gasteiger charge is -2.38. The van der Waals surface area contributed by atoms with Gasteiger partial charge in [0.25, 0.3) is 11.8 Å². The molecule has 10 nitrogen and oxygen atoms in total. The molecule has 4 aliphatic heterocycles. The van der Waals surface area contributed by atoms with Crippen molar-refractivity contribution >= 4 is 35.3 Å². The lowest BCUT2D eigenvalue weighted by molar-refractivity contribution is -0.143. The zero-order chi connectivity index (χ0) is 24.7. The highest BCUT2D eigenvalue weighted by atomic mass is 16.4. The molecule has 0 spiro atoms. The van der Waals surface area contributed by atoms with Gasteiger partial charge in [-0.15, -0.1) is 0 Å². The van der Waals surface area contributed by atoms with Gasteiger partial charge in [-0.25, -0.2) is 0 Å². The number of anilines is 1. The molecule has 186 valence electrons. The molecular formula is C25H30N4O6. The first-order valence-electron chi connectivity index (χ1n) is 12.4. The van der Waals surface area contributed by atoms with Crippen molar-refractivity contribution in [3.63, 3.8) is 0 Å². The first-order valence-corrected chi connectivity index (χ1v) is 12.4. The molecule has 0 radical (unpaired) electrons. The summed E-state index contributed by atoms with van der Waals surface area (Å²) in [7, 11) is 0. The summed E-state index contributed by atoms with van der Waals surface area (Å²) in [6, 6.07) is 4.31. The molecule has 4 aliphatic rings. The van der Waals surface area contributed by atoms with Crippen LogP contribution in [0.15, 0.2) is 18.2 Å². The van der Waals surface area contributed by atoms with Crippen LogP contribution in [0.4, 0.5) is 5.69 Å². The number of carboxylic acid groups (broad SMARTS) is 1. The van der Waals surface area contributed by atoms with Crippen LogP contribution in [0, 0.1) is 11.8 Å². The lowest BCUT2D eigenvalue weighted by atomic mass is 9.92. The Kier molecular flexibility index (Phi) is 6.31. The molecule has 5 rings (SSSR count). The van der Waals surface area contributed by atoms with E-state index in [4.69, 9.17) is 0 Å². The Bertz CT molecular complexity index is 1070. The van der Waals surface area contributed by atoms with E-state index < -0.39 is 35.6 Å². The molecule has 1 aromatic rings. The van der Waals surface area contributed by atoms with E-state index in [-0.39, 0.29) is 18.8 Å². The Morgan fingerprint density at radius 1 is 0.914 bits per heavy atom. The number of hydrogen-bond acceptors (Lipinski definition) is 7. The van der Waals surface area contributed by atoms with Crippen LogP contribution in [0.1, 0.15) is 59.2 Å². The molecule has 0 aliphatic carbocycles. The molecule has 10 heteroatoms. The van der Waals surface area contributed by atoms with Crippen molar-refractivity contribution in [2.75, 3.05) is 37.6 Å². The summed E-state index contributed by atoms with van der Waals surface area (Å²) in [4.78, 5) is 66.5. The fourth-order valence-electron chi connectivity index (χ4n) is 5.76. The highest BCUT2D eigenvalue weighted by Crippen LogP contribution is 2.32. The van der Waals surface area contributed by atoms with Gasteiger partial charge < -0.3 is 14.9 Å². The second-order valence-electron chi connectivity index (χ2n) is 10.0. The van der Waals surface area contributed by atoms with E-state index in [0.717, 1.165) is 56.2 Å². The Balaban J connectivity index is 1.19.